The Morgan fingerprint density at radius 2 is 1.90 bits per heavy atom. The molecule has 1 heterocycles. The summed E-state index contributed by atoms with van der Waals surface area (Å²) in [6.45, 7) is 0.347. The Kier molecular flexibility index (Phi) is 5.59. The summed E-state index contributed by atoms with van der Waals surface area (Å²) in [6.07, 6.45) is 7.14. The van der Waals surface area contributed by atoms with Crippen LogP contribution in [-0.2, 0) is 19.1 Å². The zero-order valence-electron chi connectivity index (χ0n) is 12.6. The Labute approximate surface area is 125 Å². The van der Waals surface area contributed by atoms with Crippen LogP contribution in [0.1, 0.15) is 44.9 Å². The van der Waals surface area contributed by atoms with E-state index in [1.165, 1.54) is 20.0 Å². The number of amides is 2. The molecule has 0 spiro atoms. The number of rotatable bonds is 4. The molecule has 1 atom stereocenters. The highest BCUT2D eigenvalue weighted by atomic mass is 16.5. The molecule has 6 heteroatoms. The topological polar surface area (TPSA) is 75.7 Å². The zero-order valence-corrected chi connectivity index (χ0v) is 12.6. The van der Waals surface area contributed by atoms with Crippen LogP contribution >= 0.6 is 0 Å². The lowest BCUT2D eigenvalue weighted by atomic mass is 10.1. The van der Waals surface area contributed by atoms with Crippen molar-refractivity contribution in [3.8, 4) is 0 Å². The van der Waals surface area contributed by atoms with Crippen molar-refractivity contribution in [3.05, 3.63) is 0 Å². The predicted octanol–water partition coefficient (Wildman–Crippen LogP) is 0.847. The number of esters is 1. The third kappa shape index (κ3) is 4.19. The Morgan fingerprint density at radius 1 is 1.24 bits per heavy atom. The fourth-order valence-corrected chi connectivity index (χ4v) is 3.21. The zero-order chi connectivity index (χ0) is 15.2. The summed E-state index contributed by atoms with van der Waals surface area (Å²) in [6, 6.07) is 0.290. The molecular weight excluding hydrogens is 272 g/mol. The van der Waals surface area contributed by atoms with Gasteiger partial charge in [-0.05, 0) is 12.8 Å². The van der Waals surface area contributed by atoms with Gasteiger partial charge in [0.2, 0.25) is 11.8 Å². The molecule has 2 rings (SSSR count). The molecule has 0 radical (unpaired) electrons. The van der Waals surface area contributed by atoms with Crippen LogP contribution in [-0.4, -0.2) is 48.9 Å². The predicted molar refractivity (Wildman–Crippen MR) is 76.3 cm³/mol. The van der Waals surface area contributed by atoms with Crippen LogP contribution in [0.4, 0.5) is 0 Å². The highest BCUT2D eigenvalue weighted by Crippen LogP contribution is 2.28. The van der Waals surface area contributed by atoms with Crippen molar-refractivity contribution in [1.82, 2.24) is 10.2 Å². The summed E-state index contributed by atoms with van der Waals surface area (Å²) < 4.78 is 4.48. The first kappa shape index (κ1) is 15.8. The Hall–Kier alpha value is -1.59. The van der Waals surface area contributed by atoms with E-state index in [2.05, 4.69) is 10.1 Å². The molecule has 0 aromatic carbocycles. The van der Waals surface area contributed by atoms with Gasteiger partial charge in [0, 0.05) is 19.0 Å². The monoisotopic (exact) mass is 296 g/mol. The molecule has 2 amide bonds. The van der Waals surface area contributed by atoms with Gasteiger partial charge in [-0.3, -0.25) is 14.4 Å². The second kappa shape index (κ2) is 7.43. The Bertz CT molecular complexity index is 402. The van der Waals surface area contributed by atoms with Crippen LogP contribution in [0, 0.1) is 5.92 Å². The van der Waals surface area contributed by atoms with Crippen LogP contribution in [0.25, 0.3) is 0 Å². The van der Waals surface area contributed by atoms with Gasteiger partial charge in [0.05, 0.1) is 13.0 Å². The van der Waals surface area contributed by atoms with E-state index in [1.807, 2.05) is 4.90 Å². The van der Waals surface area contributed by atoms with E-state index >= 15 is 0 Å². The number of nitrogens with zero attached hydrogens (tertiary/aromatic N) is 1. The van der Waals surface area contributed by atoms with Gasteiger partial charge in [0.25, 0.3) is 0 Å². The smallest absolute Gasteiger partial charge is 0.325 e. The summed E-state index contributed by atoms with van der Waals surface area (Å²) in [5.41, 5.74) is 0. The lowest BCUT2D eigenvalue weighted by molar-refractivity contribution is -0.141. The molecule has 118 valence electrons. The Morgan fingerprint density at radius 3 is 2.52 bits per heavy atom. The molecule has 0 unspecified atom stereocenters. The Balaban J connectivity index is 1.86. The molecule has 6 nitrogen and oxygen atoms in total. The van der Waals surface area contributed by atoms with Crippen LogP contribution in [0.5, 0.6) is 0 Å². The summed E-state index contributed by atoms with van der Waals surface area (Å²) in [5, 5.41) is 2.54. The number of ether oxygens (including phenoxy) is 1. The molecule has 1 aliphatic carbocycles. The van der Waals surface area contributed by atoms with Crippen molar-refractivity contribution < 1.29 is 19.1 Å². The first-order valence-corrected chi connectivity index (χ1v) is 7.76. The first-order valence-electron chi connectivity index (χ1n) is 7.76. The first-order chi connectivity index (χ1) is 10.1. The van der Waals surface area contributed by atoms with Crippen molar-refractivity contribution >= 4 is 17.8 Å². The SMILES string of the molecule is COC(=O)CNC(=O)[C@H]1CC(=O)N(C2CCCCCC2)C1. The third-order valence-corrected chi connectivity index (χ3v) is 4.43. The van der Waals surface area contributed by atoms with E-state index in [0.29, 0.717) is 12.6 Å². The van der Waals surface area contributed by atoms with Gasteiger partial charge < -0.3 is 15.0 Å². The lowest BCUT2D eigenvalue weighted by Gasteiger charge is -2.27. The van der Waals surface area contributed by atoms with E-state index in [1.54, 1.807) is 0 Å². The van der Waals surface area contributed by atoms with Crippen LogP contribution in [0.3, 0.4) is 0 Å². The van der Waals surface area contributed by atoms with Crippen LogP contribution in [0.15, 0.2) is 0 Å². The molecule has 2 fully saturated rings. The molecule has 2 aliphatic rings. The summed E-state index contributed by atoms with van der Waals surface area (Å²) in [5.74, 6) is -0.983. The van der Waals surface area contributed by atoms with Crippen molar-refractivity contribution in [2.24, 2.45) is 5.92 Å². The van der Waals surface area contributed by atoms with Crippen LogP contribution < -0.4 is 5.32 Å². The third-order valence-electron chi connectivity index (χ3n) is 4.43. The standard InChI is InChI=1S/C15H24N2O4/c1-21-14(19)9-16-15(20)11-8-13(18)17(10-11)12-6-4-2-3-5-7-12/h11-12H,2-10H2,1H3,(H,16,20)/t11-/m0/s1. The average molecular weight is 296 g/mol. The summed E-state index contributed by atoms with van der Waals surface area (Å²) in [4.78, 5) is 37.1. The number of hydrogen-bond acceptors (Lipinski definition) is 4. The van der Waals surface area contributed by atoms with Gasteiger partial charge in [-0.2, -0.15) is 0 Å². The number of hydrogen-bond donors (Lipinski definition) is 1. The van der Waals surface area contributed by atoms with E-state index < -0.39 is 5.97 Å². The second-order valence-corrected chi connectivity index (χ2v) is 5.89. The van der Waals surface area contributed by atoms with Crippen molar-refractivity contribution in [3.63, 3.8) is 0 Å². The molecule has 0 aromatic rings. The number of carbonyl (C=O) groups excluding carboxylic acids is 3. The fraction of sp³-hybridized carbons (Fsp3) is 0.800. The van der Waals surface area contributed by atoms with Crippen molar-refractivity contribution in [1.29, 1.82) is 0 Å². The van der Waals surface area contributed by atoms with E-state index in [-0.39, 0.29) is 30.7 Å². The summed E-state index contributed by atoms with van der Waals surface area (Å²) in [7, 11) is 1.28. The molecular formula is C15H24N2O4. The lowest BCUT2D eigenvalue weighted by Crippen LogP contribution is -2.39. The number of likely N-dealkylation sites (tertiary alicyclic amines) is 1. The van der Waals surface area contributed by atoms with Gasteiger partial charge in [-0.25, -0.2) is 0 Å². The second-order valence-electron chi connectivity index (χ2n) is 5.89. The highest BCUT2D eigenvalue weighted by molar-refractivity contribution is 5.90. The minimum Gasteiger partial charge on any atom is -0.468 e. The van der Waals surface area contributed by atoms with Gasteiger partial charge in [0.15, 0.2) is 0 Å². The minimum atomic E-state index is -0.478. The van der Waals surface area contributed by atoms with Gasteiger partial charge in [-0.15, -0.1) is 0 Å². The molecule has 1 aliphatic heterocycles. The van der Waals surface area contributed by atoms with E-state index in [0.717, 1.165) is 25.7 Å². The fourth-order valence-electron chi connectivity index (χ4n) is 3.21. The maximum absolute atomic E-state index is 12.1. The quantitative estimate of drug-likeness (QED) is 0.616. The van der Waals surface area contributed by atoms with Crippen LogP contribution in [0.2, 0.25) is 0 Å². The number of carbonyl (C=O) groups is 3. The molecule has 1 saturated heterocycles. The highest BCUT2D eigenvalue weighted by Gasteiger charge is 2.37. The maximum Gasteiger partial charge on any atom is 0.325 e. The average Bonchev–Trinajstić information content (AvgIpc) is 2.71. The molecule has 1 N–H and O–H groups in total. The molecule has 1 saturated carbocycles. The van der Waals surface area contributed by atoms with Gasteiger partial charge >= 0.3 is 5.97 Å². The molecule has 0 aromatic heterocycles. The van der Waals surface area contributed by atoms with E-state index in [4.69, 9.17) is 0 Å². The maximum atomic E-state index is 12.1. The van der Waals surface area contributed by atoms with Gasteiger partial charge in [0.1, 0.15) is 6.54 Å². The molecule has 21 heavy (non-hydrogen) atoms. The number of nitrogens with one attached hydrogen (secondary N) is 1. The van der Waals surface area contributed by atoms with Crippen molar-refractivity contribution in [2.75, 3.05) is 20.2 Å². The summed E-state index contributed by atoms with van der Waals surface area (Å²) >= 11 is 0. The van der Waals surface area contributed by atoms with Crippen molar-refractivity contribution in [2.45, 2.75) is 51.0 Å². The molecule has 0 bridgehead atoms. The van der Waals surface area contributed by atoms with Gasteiger partial charge in [-0.1, -0.05) is 25.7 Å². The minimum absolute atomic E-state index is 0.0696. The number of methoxy groups -OCH3 is 1. The van der Waals surface area contributed by atoms with E-state index in [9.17, 15) is 14.4 Å². The largest absolute Gasteiger partial charge is 0.468 e. The normalized spacial score (nSPS) is 23.8.